The van der Waals surface area contributed by atoms with Gasteiger partial charge in [-0.1, -0.05) is 0 Å². The van der Waals surface area contributed by atoms with Crippen molar-refractivity contribution >= 4 is 70.9 Å². The minimum Gasteiger partial charge on any atom is -0.548 e. The van der Waals surface area contributed by atoms with Gasteiger partial charge in [0.05, 0.1) is 23.9 Å². The van der Waals surface area contributed by atoms with Gasteiger partial charge in [0.1, 0.15) is 0 Å². The molecule has 0 aromatic rings. The second-order valence-electron chi connectivity index (χ2n) is 6.83. The van der Waals surface area contributed by atoms with E-state index in [1.165, 1.54) is 0 Å². The predicted molar refractivity (Wildman–Crippen MR) is 144 cm³/mol. The van der Waals surface area contributed by atoms with Crippen molar-refractivity contribution in [2.45, 2.75) is 49.9 Å². The smallest absolute Gasteiger partial charge is 0.548 e. The summed E-state index contributed by atoms with van der Waals surface area (Å²) in [5.74, 6) is -1.56. The second-order valence-corrected chi connectivity index (χ2v) is 10.8. The Hall–Kier alpha value is 0.00312. The maximum Gasteiger partial charge on any atom is 4.00 e. The van der Waals surface area contributed by atoms with Gasteiger partial charge in [0.15, 0.2) is 0 Å². The Morgan fingerprint density at radius 2 is 0.622 bits per heavy atom. The van der Waals surface area contributed by atoms with Crippen molar-refractivity contribution in [2.75, 3.05) is 48.0 Å². The summed E-state index contributed by atoms with van der Waals surface area (Å²) in [5, 5.41) is 39.8. The van der Waals surface area contributed by atoms with E-state index in [-0.39, 0.29) is 26.2 Å². The molecular formula is C20H40N4O8S4Zr. The molecule has 0 bridgehead atoms. The number of hydrogen-bond acceptors (Lipinski definition) is 16. The fourth-order valence-electron chi connectivity index (χ4n) is 1.45. The normalized spacial score (nSPS) is 12.8. The van der Waals surface area contributed by atoms with Gasteiger partial charge >= 0.3 is 26.2 Å². The Balaban J connectivity index is -0.000000122. The number of carbonyl (C=O) groups excluding carboxylic acids is 4. The molecule has 0 spiro atoms. The largest absolute Gasteiger partial charge is 4.00 e. The fourth-order valence-corrected chi connectivity index (χ4v) is 3.41. The van der Waals surface area contributed by atoms with Crippen LogP contribution in [0.3, 0.4) is 0 Å². The average molecular weight is 684 g/mol. The first-order chi connectivity index (χ1) is 16.7. The Kier molecular flexibility index (Phi) is 43.1. The minimum absolute atomic E-state index is 0. The van der Waals surface area contributed by atoms with Crippen LogP contribution in [0.1, 0.15) is 25.7 Å². The second kappa shape index (κ2) is 34.0. The molecular weight excluding hydrogens is 644 g/mol. The third-order valence-electron chi connectivity index (χ3n) is 3.74. The quantitative estimate of drug-likeness (QED) is 0.119. The first kappa shape index (κ1) is 46.8. The van der Waals surface area contributed by atoms with E-state index < -0.39 is 48.0 Å². The van der Waals surface area contributed by atoms with Gasteiger partial charge in [-0.2, -0.15) is 47.0 Å². The molecule has 0 amide bonds. The number of thioether (sulfide) groups is 4. The summed E-state index contributed by atoms with van der Waals surface area (Å²) in [6.07, 6.45) is 9.58. The molecule has 0 aliphatic carbocycles. The van der Waals surface area contributed by atoms with Crippen molar-refractivity contribution in [2.24, 2.45) is 22.9 Å². The maximum atomic E-state index is 9.96. The molecule has 0 saturated heterocycles. The number of hydrogen-bond donors (Lipinski definition) is 4. The van der Waals surface area contributed by atoms with Crippen molar-refractivity contribution in [1.29, 1.82) is 0 Å². The monoisotopic (exact) mass is 682 g/mol. The summed E-state index contributed by atoms with van der Waals surface area (Å²) in [7, 11) is 0. The minimum atomic E-state index is -1.16. The molecule has 4 atom stereocenters. The van der Waals surface area contributed by atoms with Crippen LogP contribution in [0.2, 0.25) is 0 Å². The van der Waals surface area contributed by atoms with E-state index in [1.807, 2.05) is 25.0 Å². The van der Waals surface area contributed by atoms with Gasteiger partial charge in [0.25, 0.3) is 0 Å². The molecule has 216 valence electrons. The van der Waals surface area contributed by atoms with Gasteiger partial charge in [-0.05, 0) is 73.7 Å². The molecule has 37 heavy (non-hydrogen) atoms. The maximum absolute atomic E-state index is 9.96. The first-order valence-electron chi connectivity index (χ1n) is 10.5. The third-order valence-corrected chi connectivity index (χ3v) is 6.32. The summed E-state index contributed by atoms with van der Waals surface area (Å²) < 4.78 is 0. The van der Waals surface area contributed by atoms with Crippen LogP contribution in [0, 0.1) is 0 Å². The molecule has 0 heterocycles. The third kappa shape index (κ3) is 40.6. The van der Waals surface area contributed by atoms with Gasteiger partial charge in [0.2, 0.25) is 0 Å². The van der Waals surface area contributed by atoms with Crippen LogP contribution in [0.5, 0.6) is 0 Å². The van der Waals surface area contributed by atoms with Crippen LogP contribution in [0.25, 0.3) is 0 Å². The summed E-state index contributed by atoms with van der Waals surface area (Å²) in [5.41, 5.74) is 20.5. The summed E-state index contributed by atoms with van der Waals surface area (Å²) in [6.45, 7) is 0. The molecule has 0 aliphatic heterocycles. The number of rotatable bonds is 16. The first-order valence-corrected chi connectivity index (χ1v) is 16.1. The summed E-state index contributed by atoms with van der Waals surface area (Å²) in [6, 6.07) is -3.18. The standard InChI is InChI=1S/4C5H11NO2S.Zr/c4*1-9-3-2-4(6)5(7)8;/h4*4H,2-3,6H2,1H3,(H,7,8);/q;;;;+4/p-4. The van der Waals surface area contributed by atoms with Gasteiger partial charge in [-0.3, -0.25) is 0 Å². The molecule has 8 N–H and O–H groups in total. The molecule has 4 unspecified atom stereocenters. The molecule has 0 aromatic carbocycles. The Bertz CT molecular complexity index is 490. The molecule has 0 radical (unpaired) electrons. The van der Waals surface area contributed by atoms with Crippen molar-refractivity contribution < 1.29 is 65.8 Å². The summed E-state index contributed by atoms with van der Waals surface area (Å²) >= 11 is 6.30. The van der Waals surface area contributed by atoms with E-state index in [0.29, 0.717) is 25.7 Å². The van der Waals surface area contributed by atoms with E-state index >= 15 is 0 Å². The molecule has 0 saturated carbocycles. The molecule has 0 aliphatic rings. The molecule has 0 rings (SSSR count). The number of carbonyl (C=O) groups is 4. The Morgan fingerprint density at radius 1 is 0.486 bits per heavy atom. The number of carboxylic acids is 4. The topological polar surface area (TPSA) is 265 Å². The SMILES string of the molecule is CSCCC(N)C(=O)[O-].CSCCC(N)C(=O)[O-].CSCCC(N)C(=O)[O-].CSCCC(N)C(=O)[O-].[Zr+4]. The Labute approximate surface area is 256 Å². The molecule has 12 nitrogen and oxygen atoms in total. The van der Waals surface area contributed by atoms with Gasteiger partial charge in [0, 0.05) is 24.2 Å². The van der Waals surface area contributed by atoms with Gasteiger partial charge < -0.3 is 62.5 Å². The van der Waals surface area contributed by atoms with Crippen LogP contribution in [0.15, 0.2) is 0 Å². The average Bonchev–Trinajstić information content (AvgIpc) is 2.83. The number of aliphatic carboxylic acids is 4. The van der Waals surface area contributed by atoms with Crippen molar-refractivity contribution in [3.63, 3.8) is 0 Å². The summed E-state index contributed by atoms with van der Waals surface area (Å²) in [4.78, 5) is 39.8. The van der Waals surface area contributed by atoms with Crippen LogP contribution in [-0.4, -0.2) is 96.1 Å². The van der Waals surface area contributed by atoms with Gasteiger partial charge in [-0.25, -0.2) is 0 Å². The molecule has 17 heteroatoms. The van der Waals surface area contributed by atoms with Crippen LogP contribution >= 0.6 is 47.0 Å². The van der Waals surface area contributed by atoms with Crippen LogP contribution in [0.4, 0.5) is 0 Å². The Morgan fingerprint density at radius 3 is 0.703 bits per heavy atom. The van der Waals surface area contributed by atoms with E-state index in [9.17, 15) is 39.6 Å². The van der Waals surface area contributed by atoms with Crippen LogP contribution < -0.4 is 43.4 Å². The van der Waals surface area contributed by atoms with E-state index in [1.54, 1.807) is 47.0 Å². The number of carboxylic acid groups (broad SMARTS) is 4. The van der Waals surface area contributed by atoms with Crippen LogP contribution in [-0.2, 0) is 45.4 Å². The zero-order chi connectivity index (χ0) is 29.1. The zero-order valence-electron chi connectivity index (χ0n) is 21.7. The van der Waals surface area contributed by atoms with Crippen molar-refractivity contribution in [1.82, 2.24) is 0 Å². The molecule has 0 aromatic heterocycles. The fraction of sp³-hybridized carbons (Fsp3) is 0.800. The van der Waals surface area contributed by atoms with E-state index in [2.05, 4.69) is 0 Å². The van der Waals surface area contributed by atoms with E-state index in [4.69, 9.17) is 22.9 Å². The van der Waals surface area contributed by atoms with Gasteiger partial charge in [-0.15, -0.1) is 0 Å². The zero-order valence-corrected chi connectivity index (χ0v) is 27.4. The van der Waals surface area contributed by atoms with Crippen molar-refractivity contribution in [3.05, 3.63) is 0 Å². The molecule has 0 fully saturated rings. The number of nitrogens with two attached hydrogens (primary N) is 4. The van der Waals surface area contributed by atoms with E-state index in [0.717, 1.165) is 23.0 Å². The van der Waals surface area contributed by atoms with Crippen molar-refractivity contribution in [3.8, 4) is 0 Å². The predicted octanol–water partition coefficient (Wildman–Crippen LogP) is -4.74.